The topological polar surface area (TPSA) is 77.6 Å². The lowest BCUT2D eigenvalue weighted by molar-refractivity contribution is -0.120. The Labute approximate surface area is 164 Å². The number of aryl methyl sites for hydroxylation is 1. The number of carbonyl (C=O) groups excluding carboxylic acids is 1. The number of benzene rings is 1. The molecule has 0 atom stereocenters. The Morgan fingerprint density at radius 3 is 2.82 bits per heavy atom. The lowest BCUT2D eigenvalue weighted by atomic mass is 10.2. The molecule has 1 amide bonds. The summed E-state index contributed by atoms with van der Waals surface area (Å²) in [4.78, 5) is 16.6. The van der Waals surface area contributed by atoms with Crippen LogP contribution >= 0.6 is 11.6 Å². The van der Waals surface area contributed by atoms with Gasteiger partial charge in [0.05, 0.1) is 47.4 Å². The van der Waals surface area contributed by atoms with Crippen LogP contribution in [0.5, 0.6) is 0 Å². The van der Waals surface area contributed by atoms with Gasteiger partial charge >= 0.3 is 0 Å². The third-order valence-corrected chi connectivity index (χ3v) is 4.55. The first-order valence-corrected chi connectivity index (χ1v) is 8.90. The summed E-state index contributed by atoms with van der Waals surface area (Å²) in [5.74, 6) is -0.673. The smallest absolute Gasteiger partial charge is 0.226 e. The van der Waals surface area contributed by atoms with Gasteiger partial charge < -0.3 is 5.32 Å². The highest BCUT2D eigenvalue weighted by Gasteiger charge is 2.11. The van der Waals surface area contributed by atoms with Crippen LogP contribution in [-0.2, 0) is 24.8 Å². The number of aromatic nitrogens is 5. The molecule has 1 N–H and O–H groups in total. The molecule has 0 radical (unpaired) electrons. The third kappa shape index (κ3) is 3.72. The van der Waals surface area contributed by atoms with E-state index >= 15 is 0 Å². The highest BCUT2D eigenvalue weighted by molar-refractivity contribution is 6.30. The van der Waals surface area contributed by atoms with Crippen molar-refractivity contribution in [1.82, 2.24) is 29.9 Å². The van der Waals surface area contributed by atoms with Crippen molar-refractivity contribution in [2.45, 2.75) is 13.0 Å². The fourth-order valence-corrected chi connectivity index (χ4v) is 3.07. The largest absolute Gasteiger partial charge is 0.352 e. The first-order valence-electron chi connectivity index (χ1n) is 8.52. The van der Waals surface area contributed by atoms with Gasteiger partial charge in [-0.05, 0) is 23.8 Å². The van der Waals surface area contributed by atoms with Crippen molar-refractivity contribution in [3.8, 4) is 5.69 Å². The number of carbonyl (C=O) groups is 1. The standard InChI is InChI=1S/C19H16ClFN6O/c1-26-11-15(9-24-26)27-18-10-22-14(5-13(18)8-25-27)6-19(28)23-7-12-2-3-17(21)16(20)4-12/h2-5,8-11H,6-7H2,1H3,(H,23,28). The van der Waals surface area contributed by atoms with Gasteiger partial charge in [0.2, 0.25) is 5.91 Å². The molecule has 1 aromatic carbocycles. The van der Waals surface area contributed by atoms with E-state index in [0.717, 1.165) is 22.2 Å². The van der Waals surface area contributed by atoms with E-state index in [2.05, 4.69) is 20.5 Å². The van der Waals surface area contributed by atoms with Crippen LogP contribution in [-0.4, -0.2) is 30.5 Å². The Bertz CT molecular complexity index is 1170. The number of amides is 1. The molecule has 142 valence electrons. The van der Waals surface area contributed by atoms with Crippen molar-refractivity contribution in [2.24, 2.45) is 7.05 Å². The van der Waals surface area contributed by atoms with Crippen LogP contribution in [0.3, 0.4) is 0 Å². The highest BCUT2D eigenvalue weighted by atomic mass is 35.5. The molecular formula is C19H16ClFN6O. The van der Waals surface area contributed by atoms with Gasteiger partial charge in [-0.25, -0.2) is 9.07 Å². The molecule has 0 aliphatic heterocycles. The number of halogens is 2. The number of nitrogens with one attached hydrogen (secondary N) is 1. The molecule has 7 nitrogen and oxygen atoms in total. The van der Waals surface area contributed by atoms with Gasteiger partial charge in [0.1, 0.15) is 11.5 Å². The zero-order chi connectivity index (χ0) is 19.7. The quantitative estimate of drug-likeness (QED) is 0.560. The predicted octanol–water partition coefficient (Wildman–Crippen LogP) is 2.81. The van der Waals surface area contributed by atoms with Crippen molar-refractivity contribution in [2.75, 3.05) is 0 Å². The molecular weight excluding hydrogens is 383 g/mol. The maximum absolute atomic E-state index is 13.2. The number of hydrogen-bond donors (Lipinski definition) is 1. The molecule has 0 spiro atoms. The number of nitrogens with zero attached hydrogens (tertiary/aromatic N) is 5. The summed E-state index contributed by atoms with van der Waals surface area (Å²) in [5.41, 5.74) is 3.02. The van der Waals surface area contributed by atoms with Crippen LogP contribution < -0.4 is 5.32 Å². The van der Waals surface area contributed by atoms with Crippen LogP contribution in [0.1, 0.15) is 11.3 Å². The minimum Gasteiger partial charge on any atom is -0.352 e. The predicted molar refractivity (Wildman–Crippen MR) is 103 cm³/mol. The molecule has 0 saturated carbocycles. The van der Waals surface area contributed by atoms with Gasteiger partial charge in [0.25, 0.3) is 0 Å². The summed E-state index contributed by atoms with van der Waals surface area (Å²) in [6, 6.07) is 6.19. The molecule has 0 fully saturated rings. The summed E-state index contributed by atoms with van der Waals surface area (Å²) in [6.07, 6.45) is 7.12. The first-order chi connectivity index (χ1) is 13.5. The van der Waals surface area contributed by atoms with Gasteiger partial charge in [-0.1, -0.05) is 17.7 Å². The Morgan fingerprint density at radius 2 is 2.07 bits per heavy atom. The normalized spacial score (nSPS) is 11.1. The van der Waals surface area contributed by atoms with E-state index in [1.165, 1.54) is 12.1 Å². The van der Waals surface area contributed by atoms with E-state index in [1.54, 1.807) is 34.0 Å². The zero-order valence-corrected chi connectivity index (χ0v) is 15.7. The second-order valence-electron chi connectivity index (χ2n) is 6.37. The average Bonchev–Trinajstić information content (AvgIpc) is 3.28. The molecule has 3 heterocycles. The van der Waals surface area contributed by atoms with Crippen molar-refractivity contribution in [1.29, 1.82) is 0 Å². The SMILES string of the molecule is Cn1cc(-n2ncc3cc(CC(=O)NCc4ccc(F)c(Cl)c4)ncc32)cn1. The molecule has 3 aromatic heterocycles. The Balaban J connectivity index is 1.44. The van der Waals surface area contributed by atoms with E-state index in [0.29, 0.717) is 5.69 Å². The van der Waals surface area contributed by atoms with E-state index in [4.69, 9.17) is 11.6 Å². The first kappa shape index (κ1) is 18.1. The van der Waals surface area contributed by atoms with Crippen LogP contribution in [0, 0.1) is 5.82 Å². The molecule has 0 unspecified atom stereocenters. The maximum Gasteiger partial charge on any atom is 0.226 e. The minimum absolute atomic E-state index is 0.0319. The van der Waals surface area contributed by atoms with Crippen LogP contribution in [0.2, 0.25) is 5.02 Å². The summed E-state index contributed by atoms with van der Waals surface area (Å²) >= 11 is 5.75. The molecule has 0 saturated heterocycles. The number of fused-ring (bicyclic) bond motifs is 1. The Hall–Kier alpha value is -3.26. The fourth-order valence-electron chi connectivity index (χ4n) is 2.87. The van der Waals surface area contributed by atoms with Crippen LogP contribution in [0.25, 0.3) is 16.6 Å². The number of rotatable bonds is 5. The fraction of sp³-hybridized carbons (Fsp3) is 0.158. The van der Waals surface area contributed by atoms with Gasteiger partial charge in [0, 0.05) is 19.0 Å². The summed E-state index contributed by atoms with van der Waals surface area (Å²) in [5, 5.41) is 12.2. The molecule has 0 aliphatic rings. The van der Waals surface area contributed by atoms with Crippen LogP contribution in [0.4, 0.5) is 4.39 Å². The van der Waals surface area contributed by atoms with E-state index in [-0.39, 0.29) is 23.9 Å². The van der Waals surface area contributed by atoms with Gasteiger partial charge in [-0.15, -0.1) is 0 Å². The monoisotopic (exact) mass is 398 g/mol. The molecule has 28 heavy (non-hydrogen) atoms. The van der Waals surface area contributed by atoms with Crippen molar-refractivity contribution in [3.63, 3.8) is 0 Å². The van der Waals surface area contributed by atoms with Crippen molar-refractivity contribution in [3.05, 3.63) is 71.2 Å². The second-order valence-corrected chi connectivity index (χ2v) is 6.77. The number of pyridine rings is 1. The molecule has 4 aromatic rings. The van der Waals surface area contributed by atoms with Gasteiger partial charge in [-0.2, -0.15) is 10.2 Å². The zero-order valence-electron chi connectivity index (χ0n) is 14.9. The van der Waals surface area contributed by atoms with Crippen LogP contribution in [0.15, 0.2) is 49.1 Å². The molecule has 9 heteroatoms. The minimum atomic E-state index is -0.485. The second kappa shape index (κ2) is 7.40. The lowest BCUT2D eigenvalue weighted by Gasteiger charge is -2.06. The maximum atomic E-state index is 13.2. The van der Waals surface area contributed by atoms with E-state index in [1.807, 2.05) is 19.3 Å². The van der Waals surface area contributed by atoms with Crippen molar-refractivity contribution >= 4 is 28.4 Å². The third-order valence-electron chi connectivity index (χ3n) is 4.26. The van der Waals surface area contributed by atoms with Gasteiger partial charge in [-0.3, -0.25) is 14.5 Å². The highest BCUT2D eigenvalue weighted by Crippen LogP contribution is 2.18. The Morgan fingerprint density at radius 1 is 1.21 bits per heavy atom. The summed E-state index contributed by atoms with van der Waals surface area (Å²) in [6.45, 7) is 0.264. The molecule has 4 rings (SSSR count). The molecule has 0 bridgehead atoms. The summed E-state index contributed by atoms with van der Waals surface area (Å²) in [7, 11) is 1.84. The lowest BCUT2D eigenvalue weighted by Crippen LogP contribution is -2.24. The van der Waals surface area contributed by atoms with E-state index < -0.39 is 5.82 Å². The summed E-state index contributed by atoms with van der Waals surface area (Å²) < 4.78 is 16.6. The molecule has 0 aliphatic carbocycles. The van der Waals surface area contributed by atoms with Gasteiger partial charge in [0.15, 0.2) is 0 Å². The Kier molecular flexibility index (Phi) is 4.79. The van der Waals surface area contributed by atoms with E-state index in [9.17, 15) is 9.18 Å². The van der Waals surface area contributed by atoms with Crippen molar-refractivity contribution < 1.29 is 9.18 Å². The average molecular weight is 399 g/mol. The number of hydrogen-bond acceptors (Lipinski definition) is 4.